The molecule has 11 nitrogen and oxygen atoms in total. The van der Waals surface area contributed by atoms with Crippen LogP contribution in [0.4, 0.5) is 5.95 Å². The van der Waals surface area contributed by atoms with E-state index in [1.807, 2.05) is 0 Å². The van der Waals surface area contributed by atoms with E-state index in [1.54, 1.807) is 20.8 Å². The van der Waals surface area contributed by atoms with Crippen molar-refractivity contribution in [2.75, 3.05) is 11.7 Å². The molecule has 2 aliphatic rings. The highest BCUT2D eigenvalue weighted by atomic mass is 29.3. The molecule has 1 radical (unpaired) electrons. The molecular weight excluding hydrogens is 534 g/mol. The molecule has 0 aromatic carbocycles. The fourth-order valence-corrected chi connectivity index (χ4v) is 28.9. The second-order valence-corrected chi connectivity index (χ2v) is 26.3. The van der Waals surface area contributed by atoms with Gasteiger partial charge >= 0.3 is 0 Å². The van der Waals surface area contributed by atoms with E-state index in [0.717, 1.165) is 0 Å². The Bertz CT molecular complexity index is 1220. The molecule has 2 aromatic heterocycles. The highest BCUT2D eigenvalue weighted by Crippen LogP contribution is 2.54. The van der Waals surface area contributed by atoms with Gasteiger partial charge in [-0.25, -0.2) is 4.98 Å². The number of aromatic amines is 1. The van der Waals surface area contributed by atoms with E-state index in [1.165, 1.54) is 10.9 Å². The first-order chi connectivity index (χ1) is 18.0. The van der Waals surface area contributed by atoms with Gasteiger partial charge in [-0.15, -0.1) is 0 Å². The first kappa shape index (κ1) is 30.3. The van der Waals surface area contributed by atoms with Crippen LogP contribution in [0.3, 0.4) is 0 Å². The number of aliphatic hydroxyl groups is 1. The molecule has 4 rings (SSSR count). The van der Waals surface area contributed by atoms with Crippen molar-refractivity contribution in [1.29, 1.82) is 0 Å². The van der Waals surface area contributed by atoms with Crippen LogP contribution in [-0.4, -0.2) is 70.8 Å². The molecule has 0 amide bonds. The summed E-state index contributed by atoms with van der Waals surface area (Å²) in [6, 6.07) is 0. The lowest BCUT2D eigenvalue weighted by molar-refractivity contribution is -0.0471. The molecule has 39 heavy (non-hydrogen) atoms. The second kappa shape index (κ2) is 10.3. The summed E-state index contributed by atoms with van der Waals surface area (Å²) < 4.78 is 22.3. The zero-order valence-electron chi connectivity index (χ0n) is 25.2. The molecule has 2 aliphatic heterocycles. The maximum absolute atomic E-state index is 12.8. The normalized spacial score (nSPS) is 27.1. The molecule has 0 spiro atoms. The Morgan fingerprint density at radius 3 is 2.13 bits per heavy atom. The predicted molar refractivity (Wildman–Crippen MR) is 154 cm³/mol. The molecule has 0 bridgehead atoms. The Kier molecular flexibility index (Phi) is 8.04. The van der Waals surface area contributed by atoms with Crippen LogP contribution in [0.15, 0.2) is 11.1 Å². The van der Waals surface area contributed by atoms with Gasteiger partial charge in [0.2, 0.25) is 21.6 Å². The quantitative estimate of drug-likeness (QED) is 0.380. The van der Waals surface area contributed by atoms with Crippen LogP contribution in [0.1, 0.15) is 82.4 Å². The molecule has 2 aromatic rings. The molecule has 0 saturated carbocycles. The van der Waals surface area contributed by atoms with Crippen LogP contribution in [0.25, 0.3) is 11.2 Å². The summed E-state index contributed by atoms with van der Waals surface area (Å²) in [7, 11) is -5.07. The minimum Gasteiger partial charge on any atom is -0.413 e. The summed E-state index contributed by atoms with van der Waals surface area (Å²) in [6.07, 6.45) is -1.60. The number of anilines is 1. The third kappa shape index (κ3) is 4.54. The molecule has 2 N–H and O–H groups in total. The smallest absolute Gasteiger partial charge is 0.280 e. The van der Waals surface area contributed by atoms with Crippen LogP contribution in [0.5, 0.6) is 0 Å². The Morgan fingerprint density at radius 2 is 1.62 bits per heavy atom. The van der Waals surface area contributed by atoms with E-state index in [0.29, 0.717) is 22.8 Å². The molecule has 219 valence electrons. The number of ether oxygens (including phenoxy) is 1. The number of aliphatic hydroxyl groups excluding tert-OH is 1. The maximum Gasteiger partial charge on any atom is 0.280 e. The van der Waals surface area contributed by atoms with Crippen molar-refractivity contribution < 1.29 is 23.9 Å². The van der Waals surface area contributed by atoms with Crippen LogP contribution in [0, 0.1) is 0 Å². The number of nitrogens with zero attached hydrogens (tertiary/aromatic N) is 4. The first-order valence-corrected chi connectivity index (χ1v) is 19.2. The summed E-state index contributed by atoms with van der Waals surface area (Å²) >= 11 is 0. The molecule has 0 aliphatic carbocycles. The summed E-state index contributed by atoms with van der Waals surface area (Å²) in [5, 5.41) is 25.3. The van der Waals surface area contributed by atoms with Gasteiger partial charge < -0.3 is 18.7 Å². The first-order valence-electron chi connectivity index (χ1n) is 14.1. The van der Waals surface area contributed by atoms with Gasteiger partial charge in [0.05, 0.1) is 18.5 Å². The molecular formula is C26H46N5O6Si2. The molecule has 2 saturated heterocycles. The van der Waals surface area contributed by atoms with Crippen molar-refractivity contribution in [3.63, 3.8) is 0 Å². The standard InChI is InChI=1S/C26H46N5O6Si2/c1-14(2)38(15(3)4)35-12-18-21(37-39(38,16(5)6)17(7)8)20(32)24(36-18)30-13-27-19-22(30)28-25(29-23(19)33)31(34)26(9,10)11/h13-18,20-21,24,32H,12H2,1-11H3,(H,28,29,33)/t18-,20-,21-,24-/m1/s1. The van der Waals surface area contributed by atoms with Gasteiger partial charge in [0.25, 0.3) is 5.56 Å². The number of hydrogen-bond donors (Lipinski definition) is 2. The summed E-state index contributed by atoms with van der Waals surface area (Å²) in [5.74, 6) is -0.126. The largest absolute Gasteiger partial charge is 0.413 e. The van der Waals surface area contributed by atoms with Crippen molar-refractivity contribution >= 4 is 32.8 Å². The fraction of sp³-hybridized carbons (Fsp3) is 0.808. The minimum atomic E-state index is -2.61. The van der Waals surface area contributed by atoms with Gasteiger partial charge in [0, 0.05) is 0 Å². The van der Waals surface area contributed by atoms with Crippen LogP contribution in [0.2, 0.25) is 22.2 Å². The number of rotatable bonds is 6. The lowest BCUT2D eigenvalue weighted by atomic mass is 10.1. The van der Waals surface area contributed by atoms with Gasteiger partial charge in [-0.05, 0) is 42.9 Å². The zero-order valence-corrected chi connectivity index (χ0v) is 27.2. The summed E-state index contributed by atoms with van der Waals surface area (Å²) in [4.78, 5) is 24.0. The van der Waals surface area contributed by atoms with Gasteiger partial charge in [-0.2, -0.15) is 10.0 Å². The fourth-order valence-electron chi connectivity index (χ4n) is 7.14. The third-order valence-electron chi connectivity index (χ3n) is 8.66. The van der Waals surface area contributed by atoms with Gasteiger partial charge in [0.1, 0.15) is 18.3 Å². The summed E-state index contributed by atoms with van der Waals surface area (Å²) in [5.41, 5.74) is 0.116. The van der Waals surface area contributed by atoms with Gasteiger partial charge in [-0.3, -0.25) is 14.3 Å². The number of hydrogen-bond acceptors (Lipinski definition) is 8. The van der Waals surface area contributed by atoms with Gasteiger partial charge in [-0.1, -0.05) is 60.6 Å². The van der Waals surface area contributed by atoms with E-state index in [-0.39, 0.29) is 28.2 Å². The van der Waals surface area contributed by atoms with Crippen molar-refractivity contribution in [2.45, 2.75) is 128 Å². The number of hydroxylamine groups is 1. The number of H-pyrrole nitrogens is 1. The third-order valence-corrected chi connectivity index (χ3v) is 29.4. The predicted octanol–water partition coefficient (Wildman–Crippen LogP) is 4.35. The number of fused-ring (bicyclic) bond motifs is 2. The average Bonchev–Trinajstić information content (AvgIpc) is 3.32. The van der Waals surface area contributed by atoms with Crippen LogP contribution < -0.4 is 10.6 Å². The Balaban J connectivity index is 1.79. The van der Waals surface area contributed by atoms with E-state index >= 15 is 0 Å². The number of aromatic nitrogens is 4. The zero-order chi connectivity index (χ0) is 29.2. The monoisotopic (exact) mass is 580 g/mol. The minimum absolute atomic E-state index is 0.0697. The molecule has 4 atom stereocenters. The van der Waals surface area contributed by atoms with Crippen LogP contribution in [-0.2, 0) is 18.8 Å². The van der Waals surface area contributed by atoms with Crippen molar-refractivity contribution in [3.05, 3.63) is 16.7 Å². The Hall–Kier alpha value is -1.62. The topological polar surface area (TPSA) is 135 Å². The Labute approximate surface area is 232 Å². The highest BCUT2D eigenvalue weighted by Gasteiger charge is 2.69. The van der Waals surface area contributed by atoms with Crippen molar-refractivity contribution in [3.8, 4) is 0 Å². The van der Waals surface area contributed by atoms with Crippen LogP contribution >= 0.6 is 0 Å². The van der Waals surface area contributed by atoms with Crippen molar-refractivity contribution in [1.82, 2.24) is 19.5 Å². The molecule has 13 heteroatoms. The summed E-state index contributed by atoms with van der Waals surface area (Å²) in [6.45, 7) is 23.5. The lowest BCUT2D eigenvalue weighted by Crippen LogP contribution is -2.73. The lowest BCUT2D eigenvalue weighted by Gasteiger charge is -2.54. The maximum atomic E-state index is 12.8. The highest BCUT2D eigenvalue weighted by molar-refractivity contribution is 7.39. The SMILES string of the molecule is CC(C)[Si]1(C(C)C)OC[C@H]2O[C@@H](n3cnc4c(=O)[nH]c(N([O])C(C)(C)C)nc43)[C@H](O)[C@@H]2O[Si]1(C(C)C)C(C)C. The number of imidazole rings is 1. The van der Waals surface area contributed by atoms with E-state index in [4.69, 9.17) is 13.6 Å². The second-order valence-electron chi connectivity index (χ2n) is 13.3. The molecule has 0 unspecified atom stereocenters. The van der Waals surface area contributed by atoms with Gasteiger partial charge in [0.15, 0.2) is 17.4 Å². The average molecular weight is 581 g/mol. The number of nitrogens with one attached hydrogen (secondary N) is 1. The molecule has 2 fully saturated rings. The molecule has 4 heterocycles. The van der Waals surface area contributed by atoms with E-state index < -0.39 is 51.3 Å². The Morgan fingerprint density at radius 1 is 1.05 bits per heavy atom. The van der Waals surface area contributed by atoms with Crippen molar-refractivity contribution in [2.24, 2.45) is 0 Å². The van der Waals surface area contributed by atoms with E-state index in [2.05, 4.69) is 70.3 Å². The van der Waals surface area contributed by atoms with E-state index in [9.17, 15) is 15.1 Å².